The summed E-state index contributed by atoms with van der Waals surface area (Å²) in [5.74, 6) is 0.752. The molecule has 5 nitrogen and oxygen atoms in total. The molecule has 0 atom stereocenters. The van der Waals surface area contributed by atoms with E-state index in [1.165, 1.54) is 0 Å². The molecular formula is C19H33N3O2. The summed E-state index contributed by atoms with van der Waals surface area (Å²) in [7, 11) is 0. The number of aromatic nitrogens is 1. The van der Waals surface area contributed by atoms with Gasteiger partial charge in [0.2, 0.25) is 0 Å². The van der Waals surface area contributed by atoms with Crippen molar-refractivity contribution in [3.8, 4) is 0 Å². The maximum absolute atomic E-state index is 12.9. The molecule has 1 saturated heterocycles. The third-order valence-electron chi connectivity index (χ3n) is 5.11. The van der Waals surface area contributed by atoms with Gasteiger partial charge in [-0.2, -0.15) is 0 Å². The molecular weight excluding hydrogens is 302 g/mol. The first-order valence-corrected chi connectivity index (χ1v) is 9.44. The highest BCUT2D eigenvalue weighted by Gasteiger charge is 2.20. The van der Waals surface area contributed by atoms with Gasteiger partial charge in [0.15, 0.2) is 0 Å². The highest BCUT2D eigenvalue weighted by molar-refractivity contribution is 5.92. The molecule has 2 heterocycles. The van der Waals surface area contributed by atoms with Crippen LogP contribution in [-0.4, -0.2) is 66.2 Å². The number of hydrogen-bond acceptors (Lipinski definition) is 3. The number of amides is 1. The van der Waals surface area contributed by atoms with Gasteiger partial charge in [-0.1, -0.05) is 26.7 Å². The molecule has 0 unspecified atom stereocenters. The Balaban J connectivity index is 1.97. The second-order valence-electron chi connectivity index (χ2n) is 6.57. The normalized spacial score (nSPS) is 15.8. The van der Waals surface area contributed by atoms with Crippen LogP contribution >= 0.6 is 0 Å². The topological polar surface area (TPSA) is 37.7 Å². The van der Waals surface area contributed by atoms with Crippen molar-refractivity contribution in [2.24, 2.45) is 5.92 Å². The van der Waals surface area contributed by atoms with Crippen LogP contribution in [0, 0.1) is 5.92 Å². The molecule has 0 bridgehead atoms. The van der Waals surface area contributed by atoms with Crippen LogP contribution in [0.15, 0.2) is 18.3 Å². The number of nitrogens with zero attached hydrogens (tertiary/aromatic N) is 3. The Labute approximate surface area is 146 Å². The van der Waals surface area contributed by atoms with E-state index in [1.807, 2.05) is 23.2 Å². The van der Waals surface area contributed by atoms with E-state index in [2.05, 4.69) is 30.2 Å². The molecule has 0 spiro atoms. The first kappa shape index (κ1) is 19.0. The smallest absolute Gasteiger partial charge is 0.270 e. The predicted octanol–water partition coefficient (Wildman–Crippen LogP) is 2.72. The third kappa shape index (κ3) is 5.08. The minimum atomic E-state index is 0.163. The molecule has 2 rings (SSSR count). The minimum absolute atomic E-state index is 0.163. The second kappa shape index (κ2) is 9.84. The molecule has 0 aromatic carbocycles. The molecule has 0 saturated carbocycles. The highest BCUT2D eigenvalue weighted by atomic mass is 16.5. The van der Waals surface area contributed by atoms with Gasteiger partial charge in [0.1, 0.15) is 5.69 Å². The Morgan fingerprint density at radius 2 is 1.92 bits per heavy atom. The van der Waals surface area contributed by atoms with E-state index < -0.39 is 0 Å². The summed E-state index contributed by atoms with van der Waals surface area (Å²) in [6.07, 6.45) is 4.27. The maximum Gasteiger partial charge on any atom is 0.270 e. The lowest BCUT2D eigenvalue weighted by molar-refractivity contribution is 0.0361. The Morgan fingerprint density at radius 1 is 1.21 bits per heavy atom. The fourth-order valence-corrected chi connectivity index (χ4v) is 3.25. The van der Waals surface area contributed by atoms with E-state index >= 15 is 0 Å². The SMILES string of the molecule is CCC(CC)CN(CC)C(=O)c1cccn1CCN1CCOCC1. The van der Waals surface area contributed by atoms with Crippen molar-refractivity contribution in [1.29, 1.82) is 0 Å². The van der Waals surface area contributed by atoms with E-state index in [-0.39, 0.29) is 5.91 Å². The van der Waals surface area contributed by atoms with Crippen LogP contribution in [-0.2, 0) is 11.3 Å². The quantitative estimate of drug-likeness (QED) is 0.696. The lowest BCUT2D eigenvalue weighted by atomic mass is 10.0. The second-order valence-corrected chi connectivity index (χ2v) is 6.57. The van der Waals surface area contributed by atoms with Crippen molar-refractivity contribution in [2.45, 2.75) is 40.2 Å². The Morgan fingerprint density at radius 3 is 2.54 bits per heavy atom. The zero-order valence-electron chi connectivity index (χ0n) is 15.5. The molecule has 1 amide bonds. The van der Waals surface area contributed by atoms with Crippen LogP contribution in [0.4, 0.5) is 0 Å². The van der Waals surface area contributed by atoms with E-state index in [1.54, 1.807) is 0 Å². The average molecular weight is 335 g/mol. The van der Waals surface area contributed by atoms with Gasteiger partial charge >= 0.3 is 0 Å². The molecule has 0 N–H and O–H groups in total. The van der Waals surface area contributed by atoms with Gasteiger partial charge in [-0.25, -0.2) is 0 Å². The number of carbonyl (C=O) groups is 1. The Hall–Kier alpha value is -1.33. The van der Waals surface area contributed by atoms with Crippen LogP contribution < -0.4 is 0 Å². The Kier molecular flexibility index (Phi) is 7.79. The van der Waals surface area contributed by atoms with E-state index in [0.717, 1.165) is 71.0 Å². The van der Waals surface area contributed by atoms with E-state index in [0.29, 0.717) is 5.92 Å². The number of morpholine rings is 1. The molecule has 136 valence electrons. The van der Waals surface area contributed by atoms with Gasteiger partial charge in [0, 0.05) is 45.5 Å². The molecule has 1 aliphatic rings. The number of carbonyl (C=O) groups excluding carboxylic acids is 1. The van der Waals surface area contributed by atoms with Gasteiger partial charge in [-0.3, -0.25) is 9.69 Å². The fourth-order valence-electron chi connectivity index (χ4n) is 3.25. The molecule has 0 aliphatic carbocycles. The van der Waals surface area contributed by atoms with Gasteiger partial charge < -0.3 is 14.2 Å². The van der Waals surface area contributed by atoms with Crippen molar-refractivity contribution in [3.63, 3.8) is 0 Å². The minimum Gasteiger partial charge on any atom is -0.379 e. The number of rotatable bonds is 9. The Bertz CT molecular complexity index is 491. The standard InChI is InChI=1S/C19H33N3O2/c1-4-17(5-2)16-21(6-3)19(23)18-8-7-9-22(18)11-10-20-12-14-24-15-13-20/h7-9,17H,4-6,10-16H2,1-3H3. The van der Waals surface area contributed by atoms with Gasteiger partial charge in [0.25, 0.3) is 5.91 Å². The van der Waals surface area contributed by atoms with Crippen molar-refractivity contribution in [3.05, 3.63) is 24.0 Å². The first-order chi connectivity index (χ1) is 11.7. The van der Waals surface area contributed by atoms with Crippen molar-refractivity contribution >= 4 is 5.91 Å². The van der Waals surface area contributed by atoms with Crippen molar-refractivity contribution < 1.29 is 9.53 Å². The van der Waals surface area contributed by atoms with Crippen LogP contribution in [0.3, 0.4) is 0 Å². The zero-order chi connectivity index (χ0) is 17.4. The van der Waals surface area contributed by atoms with Crippen LogP contribution in [0.5, 0.6) is 0 Å². The van der Waals surface area contributed by atoms with Gasteiger partial charge in [0.05, 0.1) is 13.2 Å². The summed E-state index contributed by atoms with van der Waals surface area (Å²) < 4.78 is 7.50. The molecule has 1 aliphatic heterocycles. The summed E-state index contributed by atoms with van der Waals surface area (Å²) in [6.45, 7) is 13.5. The van der Waals surface area contributed by atoms with Crippen LogP contribution in [0.25, 0.3) is 0 Å². The van der Waals surface area contributed by atoms with Crippen molar-refractivity contribution in [2.75, 3.05) is 45.9 Å². The summed E-state index contributed by atoms with van der Waals surface area (Å²) in [5, 5.41) is 0. The zero-order valence-corrected chi connectivity index (χ0v) is 15.5. The van der Waals surface area contributed by atoms with E-state index in [4.69, 9.17) is 4.74 Å². The highest BCUT2D eigenvalue weighted by Crippen LogP contribution is 2.14. The third-order valence-corrected chi connectivity index (χ3v) is 5.11. The fraction of sp³-hybridized carbons (Fsp3) is 0.737. The van der Waals surface area contributed by atoms with Crippen molar-refractivity contribution in [1.82, 2.24) is 14.4 Å². The number of hydrogen-bond donors (Lipinski definition) is 0. The molecule has 1 aromatic heterocycles. The molecule has 0 radical (unpaired) electrons. The monoisotopic (exact) mass is 335 g/mol. The van der Waals surface area contributed by atoms with Gasteiger partial charge in [-0.15, -0.1) is 0 Å². The van der Waals surface area contributed by atoms with Crippen LogP contribution in [0.1, 0.15) is 44.1 Å². The lowest BCUT2D eigenvalue weighted by Crippen LogP contribution is -2.39. The summed E-state index contributed by atoms with van der Waals surface area (Å²) >= 11 is 0. The molecule has 1 aromatic rings. The predicted molar refractivity (Wildman–Crippen MR) is 97.3 cm³/mol. The molecule has 24 heavy (non-hydrogen) atoms. The average Bonchev–Trinajstić information content (AvgIpc) is 3.10. The largest absolute Gasteiger partial charge is 0.379 e. The van der Waals surface area contributed by atoms with Gasteiger partial charge in [-0.05, 0) is 25.0 Å². The summed E-state index contributed by atoms with van der Waals surface area (Å²) in [6, 6.07) is 3.94. The summed E-state index contributed by atoms with van der Waals surface area (Å²) in [5.41, 5.74) is 0.816. The van der Waals surface area contributed by atoms with Crippen LogP contribution in [0.2, 0.25) is 0 Å². The number of ether oxygens (including phenoxy) is 1. The van der Waals surface area contributed by atoms with E-state index in [9.17, 15) is 4.79 Å². The maximum atomic E-state index is 12.9. The summed E-state index contributed by atoms with van der Waals surface area (Å²) in [4.78, 5) is 17.3. The molecule has 1 fully saturated rings. The lowest BCUT2D eigenvalue weighted by Gasteiger charge is -2.28. The first-order valence-electron chi connectivity index (χ1n) is 9.44. The molecule has 5 heteroatoms.